The van der Waals surface area contributed by atoms with Crippen molar-refractivity contribution in [2.75, 3.05) is 0 Å². The molecular weight excluding hydrogens is 629 g/mol. The molecule has 1 aromatic heterocycles. The van der Waals surface area contributed by atoms with E-state index in [2.05, 4.69) is 170 Å². The van der Waals surface area contributed by atoms with Crippen LogP contribution in [0.1, 0.15) is 66.8 Å². The number of nitrogens with zero attached hydrogens (tertiary/aromatic N) is 2. The zero-order chi connectivity index (χ0) is 35.1. The first-order valence-corrected chi connectivity index (χ1v) is 18.6. The van der Waals surface area contributed by atoms with E-state index >= 15 is 0 Å². The van der Waals surface area contributed by atoms with Gasteiger partial charge in [0.15, 0.2) is 5.82 Å². The molecule has 0 spiro atoms. The standard InChI is InChI=1S/C48H34N2.C2H6/c1-3-14-33(15-4-1)44-31-45(34-16-7-8-17-34)50-47(49-44)35-23-26-37(27-24-35)48(36-18-5-2-6-19-36)43-22-12-11-21-40(43)42-30-29-39-38-20-10-9-13-32(38)25-28-41(39)46(42)48;1-2/h2-3,5-7,9-31H,1,4,8H2;1-2H3. The number of hydrogen-bond donors (Lipinski definition) is 0. The zero-order valence-electron chi connectivity index (χ0n) is 29.7. The van der Waals surface area contributed by atoms with Gasteiger partial charge in [0.05, 0.1) is 16.8 Å². The minimum Gasteiger partial charge on any atom is -0.228 e. The zero-order valence-corrected chi connectivity index (χ0v) is 29.7. The second kappa shape index (κ2) is 13.2. The minimum atomic E-state index is -0.515. The van der Waals surface area contributed by atoms with Crippen molar-refractivity contribution < 1.29 is 0 Å². The molecule has 3 aliphatic carbocycles. The largest absolute Gasteiger partial charge is 0.228 e. The summed E-state index contributed by atoms with van der Waals surface area (Å²) < 4.78 is 0. The molecular formula is C50H40N2. The first kappa shape index (κ1) is 31.8. The van der Waals surface area contributed by atoms with Crippen LogP contribution in [-0.2, 0) is 5.41 Å². The van der Waals surface area contributed by atoms with Crippen LogP contribution in [0.15, 0.2) is 170 Å². The molecule has 2 heteroatoms. The molecule has 2 nitrogen and oxygen atoms in total. The highest BCUT2D eigenvalue weighted by molar-refractivity contribution is 6.12. The van der Waals surface area contributed by atoms with Gasteiger partial charge in [0.25, 0.3) is 0 Å². The maximum Gasteiger partial charge on any atom is 0.160 e. The van der Waals surface area contributed by atoms with E-state index in [1.54, 1.807) is 0 Å². The van der Waals surface area contributed by atoms with Crippen LogP contribution >= 0.6 is 0 Å². The summed E-state index contributed by atoms with van der Waals surface area (Å²) in [7, 11) is 0. The fraction of sp³-hybridized carbons (Fsp3) is 0.120. The number of aromatic nitrogens is 2. The molecule has 7 aromatic rings. The third kappa shape index (κ3) is 5.01. The van der Waals surface area contributed by atoms with Crippen LogP contribution in [0.2, 0.25) is 0 Å². The van der Waals surface area contributed by atoms with Crippen LogP contribution in [0.25, 0.3) is 55.2 Å². The van der Waals surface area contributed by atoms with E-state index in [0.717, 1.165) is 47.6 Å². The summed E-state index contributed by atoms with van der Waals surface area (Å²) >= 11 is 0. The molecule has 0 N–H and O–H groups in total. The normalized spacial score (nSPS) is 17.0. The van der Waals surface area contributed by atoms with Crippen LogP contribution in [0.5, 0.6) is 0 Å². The predicted molar refractivity (Wildman–Crippen MR) is 219 cm³/mol. The van der Waals surface area contributed by atoms with Gasteiger partial charge in [-0.15, -0.1) is 0 Å². The Morgan fingerprint density at radius 2 is 1.21 bits per heavy atom. The highest BCUT2D eigenvalue weighted by atomic mass is 14.9. The average molecular weight is 669 g/mol. The van der Waals surface area contributed by atoms with E-state index < -0.39 is 5.41 Å². The Bertz CT molecular complexity index is 2600. The first-order chi connectivity index (χ1) is 25.8. The van der Waals surface area contributed by atoms with E-state index in [0.29, 0.717) is 0 Å². The van der Waals surface area contributed by atoms with Crippen molar-refractivity contribution in [3.8, 4) is 22.5 Å². The Labute approximate surface area is 306 Å². The van der Waals surface area contributed by atoms with Gasteiger partial charge in [-0.3, -0.25) is 0 Å². The molecule has 0 amide bonds. The molecule has 1 unspecified atom stereocenters. The van der Waals surface area contributed by atoms with Crippen LogP contribution in [-0.4, -0.2) is 9.97 Å². The molecule has 0 bridgehead atoms. The highest BCUT2D eigenvalue weighted by Crippen LogP contribution is 2.58. The van der Waals surface area contributed by atoms with Gasteiger partial charge in [-0.05, 0) is 91.4 Å². The molecule has 0 fully saturated rings. The summed E-state index contributed by atoms with van der Waals surface area (Å²) in [6, 6.07) is 49.3. The molecule has 10 rings (SSSR count). The number of hydrogen-bond acceptors (Lipinski definition) is 2. The van der Waals surface area contributed by atoms with E-state index in [1.165, 1.54) is 60.5 Å². The van der Waals surface area contributed by atoms with Gasteiger partial charge in [0, 0.05) is 5.56 Å². The van der Waals surface area contributed by atoms with Crippen molar-refractivity contribution in [1.29, 1.82) is 0 Å². The highest BCUT2D eigenvalue weighted by Gasteiger charge is 2.47. The molecule has 52 heavy (non-hydrogen) atoms. The quantitative estimate of drug-likeness (QED) is 0.171. The van der Waals surface area contributed by atoms with Gasteiger partial charge in [0.1, 0.15) is 0 Å². The summed E-state index contributed by atoms with van der Waals surface area (Å²) in [5, 5.41) is 5.11. The lowest BCUT2D eigenvalue weighted by atomic mass is 9.66. The molecule has 1 heterocycles. The Kier molecular flexibility index (Phi) is 8.09. The van der Waals surface area contributed by atoms with E-state index in [-0.39, 0.29) is 0 Å². The molecule has 0 radical (unpaired) electrons. The maximum atomic E-state index is 5.16. The topological polar surface area (TPSA) is 25.8 Å². The SMILES string of the molecule is C1=CC(c2cc(C3=CCCC=C3)nc(-c3ccc(C4(c5ccccc5)c5ccccc5-c5ccc6c(ccc7ccccc76)c54)cc3)n2)=CC1.CC. The van der Waals surface area contributed by atoms with Gasteiger partial charge in [-0.1, -0.05) is 178 Å². The minimum absolute atomic E-state index is 0.515. The lowest BCUT2D eigenvalue weighted by Crippen LogP contribution is -2.28. The van der Waals surface area contributed by atoms with Crippen molar-refractivity contribution >= 4 is 32.7 Å². The average Bonchev–Trinajstić information content (AvgIpc) is 3.88. The summed E-state index contributed by atoms with van der Waals surface area (Å²) in [5.41, 5.74) is 12.5. The van der Waals surface area contributed by atoms with Crippen molar-refractivity contribution in [1.82, 2.24) is 9.97 Å². The fourth-order valence-corrected chi connectivity index (χ4v) is 8.54. The van der Waals surface area contributed by atoms with Crippen LogP contribution in [0.3, 0.4) is 0 Å². The van der Waals surface area contributed by atoms with Gasteiger partial charge in [0.2, 0.25) is 0 Å². The Morgan fingerprint density at radius 3 is 1.98 bits per heavy atom. The Morgan fingerprint density at radius 1 is 0.519 bits per heavy atom. The van der Waals surface area contributed by atoms with Crippen LogP contribution in [0, 0.1) is 0 Å². The number of allylic oxidation sites excluding steroid dienone is 8. The molecule has 1 atom stereocenters. The van der Waals surface area contributed by atoms with E-state index in [9.17, 15) is 0 Å². The van der Waals surface area contributed by atoms with Gasteiger partial charge >= 0.3 is 0 Å². The third-order valence-electron chi connectivity index (χ3n) is 10.8. The first-order valence-electron chi connectivity index (χ1n) is 18.6. The predicted octanol–water partition coefficient (Wildman–Crippen LogP) is 12.9. The molecule has 0 saturated carbocycles. The monoisotopic (exact) mass is 668 g/mol. The maximum absolute atomic E-state index is 5.16. The van der Waals surface area contributed by atoms with Crippen molar-refractivity contribution in [2.45, 2.75) is 38.5 Å². The number of fused-ring (bicyclic) bond motifs is 7. The lowest BCUT2D eigenvalue weighted by molar-refractivity contribution is 0.775. The summed E-state index contributed by atoms with van der Waals surface area (Å²) in [4.78, 5) is 10.3. The summed E-state index contributed by atoms with van der Waals surface area (Å²) in [5.74, 6) is 0.753. The summed E-state index contributed by atoms with van der Waals surface area (Å²) in [6.07, 6.45) is 16.4. The Hall–Kier alpha value is -6.12. The van der Waals surface area contributed by atoms with E-state index in [4.69, 9.17) is 9.97 Å². The second-order valence-corrected chi connectivity index (χ2v) is 13.5. The lowest BCUT2D eigenvalue weighted by Gasteiger charge is -2.35. The number of benzene rings is 6. The van der Waals surface area contributed by atoms with Gasteiger partial charge < -0.3 is 0 Å². The van der Waals surface area contributed by atoms with E-state index in [1.807, 2.05) is 13.8 Å². The van der Waals surface area contributed by atoms with Gasteiger partial charge in [-0.25, -0.2) is 9.97 Å². The molecule has 6 aromatic carbocycles. The molecule has 0 saturated heterocycles. The van der Waals surface area contributed by atoms with Crippen molar-refractivity contribution in [2.24, 2.45) is 0 Å². The van der Waals surface area contributed by atoms with Crippen LogP contribution in [0.4, 0.5) is 0 Å². The number of rotatable bonds is 5. The summed E-state index contributed by atoms with van der Waals surface area (Å²) in [6.45, 7) is 4.00. The fourth-order valence-electron chi connectivity index (χ4n) is 8.54. The molecule has 250 valence electrons. The smallest absolute Gasteiger partial charge is 0.160 e. The van der Waals surface area contributed by atoms with Gasteiger partial charge in [-0.2, -0.15) is 0 Å². The van der Waals surface area contributed by atoms with Crippen molar-refractivity contribution in [3.05, 3.63) is 204 Å². The third-order valence-corrected chi connectivity index (χ3v) is 10.8. The van der Waals surface area contributed by atoms with Crippen molar-refractivity contribution in [3.63, 3.8) is 0 Å². The Balaban J connectivity index is 0.00000177. The molecule has 0 aliphatic heterocycles. The second-order valence-electron chi connectivity index (χ2n) is 13.5. The molecule has 3 aliphatic rings. The van der Waals surface area contributed by atoms with Crippen LogP contribution < -0.4 is 0 Å².